The quantitative estimate of drug-likeness (QED) is 0.723. The van der Waals surface area contributed by atoms with Crippen LogP contribution in [0.1, 0.15) is 25.5 Å². The Hall–Kier alpha value is 0.380. The molecule has 0 aromatic carbocycles. The van der Waals surface area contributed by atoms with Crippen molar-refractivity contribution in [2.45, 2.75) is 25.5 Å². The fourth-order valence-electron chi connectivity index (χ4n) is 1.43. The molecule has 0 radical (unpaired) electrons. The van der Waals surface area contributed by atoms with Gasteiger partial charge in [-0.15, -0.1) is 0 Å². The number of hydrogen-bond donors (Lipinski definition) is 0. The number of nitrogens with zero attached hydrogens (tertiary/aromatic N) is 2. The van der Waals surface area contributed by atoms with Gasteiger partial charge in [-0.2, -0.15) is 5.10 Å². The third kappa shape index (κ3) is 2.24. The fraction of sp³-hybridized carbons (Fsp3) is 0.625. The van der Waals surface area contributed by atoms with Crippen molar-refractivity contribution in [2.75, 3.05) is 6.61 Å². The van der Waals surface area contributed by atoms with Crippen LogP contribution in [0.4, 0.5) is 0 Å². The highest BCUT2D eigenvalue weighted by Gasteiger charge is 2.17. The minimum absolute atomic E-state index is 0.147. The molecule has 1 aromatic rings. The molecule has 5 heteroatoms. The summed E-state index contributed by atoms with van der Waals surface area (Å²) in [6.45, 7) is 0.860. The lowest BCUT2D eigenvalue weighted by atomic mass is 10.2. The maximum Gasteiger partial charge on any atom is 0.150 e. The van der Waals surface area contributed by atoms with Crippen LogP contribution in [0.15, 0.2) is 10.8 Å². The predicted octanol–water partition coefficient (Wildman–Crippen LogP) is 2.95. The summed E-state index contributed by atoms with van der Waals surface area (Å²) in [4.78, 5) is 0. The van der Waals surface area contributed by atoms with Crippen molar-refractivity contribution in [1.29, 1.82) is 0 Å². The predicted molar refractivity (Wildman–Crippen MR) is 61.5 cm³/mol. The van der Waals surface area contributed by atoms with Crippen LogP contribution in [0.5, 0.6) is 0 Å². The topological polar surface area (TPSA) is 27.1 Å². The van der Waals surface area contributed by atoms with Gasteiger partial charge >= 0.3 is 0 Å². The lowest BCUT2D eigenvalue weighted by Crippen LogP contribution is -2.18. The molecule has 0 spiro atoms. The van der Waals surface area contributed by atoms with E-state index < -0.39 is 0 Å². The van der Waals surface area contributed by atoms with Crippen LogP contribution < -0.4 is 0 Å². The lowest BCUT2D eigenvalue weighted by molar-refractivity contribution is -0.0396. The van der Waals surface area contributed by atoms with Gasteiger partial charge < -0.3 is 4.74 Å². The van der Waals surface area contributed by atoms with Gasteiger partial charge in [0.25, 0.3) is 0 Å². The van der Waals surface area contributed by atoms with Crippen LogP contribution in [0.3, 0.4) is 0 Å². The normalized spacial score (nSPS) is 23.4. The van der Waals surface area contributed by atoms with E-state index in [4.69, 9.17) is 4.74 Å². The number of hydrogen-bond acceptors (Lipinski definition) is 2. The molecule has 0 aliphatic carbocycles. The van der Waals surface area contributed by atoms with Crippen LogP contribution in [-0.4, -0.2) is 16.4 Å². The van der Waals surface area contributed by atoms with Gasteiger partial charge in [0.2, 0.25) is 0 Å². The zero-order chi connectivity index (χ0) is 9.26. The van der Waals surface area contributed by atoms with E-state index in [2.05, 4.69) is 43.6 Å². The maximum atomic E-state index is 5.61. The summed E-state index contributed by atoms with van der Waals surface area (Å²) in [6, 6.07) is 0. The van der Waals surface area contributed by atoms with Crippen molar-refractivity contribution in [2.24, 2.45) is 0 Å². The first kappa shape index (κ1) is 9.92. The van der Waals surface area contributed by atoms with Crippen LogP contribution in [0.2, 0.25) is 0 Å². The molecule has 1 fully saturated rings. The molecule has 2 heterocycles. The van der Waals surface area contributed by atoms with E-state index in [9.17, 15) is 0 Å². The van der Waals surface area contributed by atoms with Gasteiger partial charge in [-0.25, -0.2) is 4.68 Å². The Morgan fingerprint density at radius 1 is 1.62 bits per heavy atom. The zero-order valence-corrected chi connectivity index (χ0v) is 10.8. The standard InChI is InChI=1S/C8H10BrIN2O/c9-8-6(10)5-12(11-8)7-3-1-2-4-13-7/h5,7H,1-4H2. The minimum Gasteiger partial charge on any atom is -0.357 e. The van der Waals surface area contributed by atoms with Gasteiger partial charge in [0, 0.05) is 12.8 Å². The van der Waals surface area contributed by atoms with E-state index in [1.165, 1.54) is 12.8 Å². The highest BCUT2D eigenvalue weighted by Crippen LogP contribution is 2.25. The number of ether oxygens (including phenoxy) is 1. The van der Waals surface area contributed by atoms with E-state index in [0.717, 1.165) is 21.2 Å². The molecule has 3 nitrogen and oxygen atoms in total. The van der Waals surface area contributed by atoms with Gasteiger partial charge in [0.15, 0.2) is 0 Å². The molecule has 1 atom stereocenters. The molecule has 1 aromatic heterocycles. The van der Waals surface area contributed by atoms with Crippen molar-refractivity contribution in [1.82, 2.24) is 9.78 Å². The van der Waals surface area contributed by atoms with Gasteiger partial charge in [-0.1, -0.05) is 0 Å². The van der Waals surface area contributed by atoms with Crippen molar-refractivity contribution < 1.29 is 4.74 Å². The minimum atomic E-state index is 0.147. The molecule has 72 valence electrons. The Bertz CT molecular complexity index is 277. The largest absolute Gasteiger partial charge is 0.357 e. The number of aromatic nitrogens is 2. The molecule has 0 amide bonds. The fourth-order valence-corrected chi connectivity index (χ4v) is 2.11. The van der Waals surface area contributed by atoms with Crippen LogP contribution in [0, 0.1) is 3.57 Å². The Morgan fingerprint density at radius 2 is 2.46 bits per heavy atom. The summed E-state index contributed by atoms with van der Waals surface area (Å²) in [7, 11) is 0. The third-order valence-corrected chi connectivity index (χ3v) is 4.21. The molecule has 1 aliphatic heterocycles. The molecule has 1 unspecified atom stereocenters. The molecular formula is C8H10BrIN2O. The third-order valence-electron chi connectivity index (χ3n) is 2.10. The molecule has 0 bridgehead atoms. The summed E-state index contributed by atoms with van der Waals surface area (Å²) in [6.07, 6.45) is 5.65. The van der Waals surface area contributed by atoms with E-state index in [1.54, 1.807) is 0 Å². The van der Waals surface area contributed by atoms with Crippen LogP contribution in [-0.2, 0) is 4.74 Å². The van der Waals surface area contributed by atoms with Gasteiger partial charge in [0.05, 0.1) is 3.57 Å². The van der Waals surface area contributed by atoms with Crippen LogP contribution >= 0.6 is 38.5 Å². The average Bonchev–Trinajstić information content (AvgIpc) is 2.49. The SMILES string of the molecule is Brc1nn(C2CCCCO2)cc1I. The summed E-state index contributed by atoms with van der Waals surface area (Å²) < 4.78 is 9.55. The molecule has 13 heavy (non-hydrogen) atoms. The van der Waals surface area contributed by atoms with Crippen molar-refractivity contribution in [3.63, 3.8) is 0 Å². The second-order valence-electron chi connectivity index (χ2n) is 3.07. The first-order valence-corrected chi connectivity index (χ1v) is 6.16. The number of halogens is 2. The number of rotatable bonds is 1. The van der Waals surface area contributed by atoms with Gasteiger partial charge in [0.1, 0.15) is 10.8 Å². The van der Waals surface area contributed by atoms with Crippen LogP contribution in [0.25, 0.3) is 0 Å². The second kappa shape index (κ2) is 4.27. The monoisotopic (exact) mass is 356 g/mol. The Morgan fingerprint density at radius 3 is 3.00 bits per heavy atom. The molecule has 1 aliphatic rings. The highest BCUT2D eigenvalue weighted by atomic mass is 127. The summed E-state index contributed by atoms with van der Waals surface area (Å²) >= 11 is 5.64. The molecular weight excluding hydrogens is 347 g/mol. The van der Waals surface area contributed by atoms with E-state index >= 15 is 0 Å². The smallest absolute Gasteiger partial charge is 0.150 e. The molecule has 1 saturated heterocycles. The first-order chi connectivity index (χ1) is 6.27. The van der Waals surface area contributed by atoms with Gasteiger partial charge in [-0.05, 0) is 57.8 Å². The molecule has 0 N–H and O–H groups in total. The van der Waals surface area contributed by atoms with E-state index in [0.29, 0.717) is 0 Å². The van der Waals surface area contributed by atoms with Crippen molar-refractivity contribution in [3.8, 4) is 0 Å². The van der Waals surface area contributed by atoms with Crippen molar-refractivity contribution in [3.05, 3.63) is 14.4 Å². The Labute approximate surface area is 99.1 Å². The molecule has 2 rings (SSSR count). The average molecular weight is 357 g/mol. The maximum absolute atomic E-state index is 5.61. The van der Waals surface area contributed by atoms with E-state index in [1.807, 2.05) is 10.9 Å². The first-order valence-electron chi connectivity index (χ1n) is 4.29. The summed E-state index contributed by atoms with van der Waals surface area (Å²) in [5.74, 6) is 0. The molecule has 0 saturated carbocycles. The van der Waals surface area contributed by atoms with Crippen molar-refractivity contribution >= 4 is 38.5 Å². The zero-order valence-electron chi connectivity index (χ0n) is 7.04. The second-order valence-corrected chi connectivity index (χ2v) is 4.98. The highest BCUT2D eigenvalue weighted by molar-refractivity contribution is 14.1. The Balaban J connectivity index is 2.14. The van der Waals surface area contributed by atoms with E-state index in [-0.39, 0.29) is 6.23 Å². The van der Waals surface area contributed by atoms with Gasteiger partial charge in [-0.3, -0.25) is 0 Å². The summed E-state index contributed by atoms with van der Waals surface area (Å²) in [5.41, 5.74) is 0. The Kier molecular flexibility index (Phi) is 3.26. The summed E-state index contributed by atoms with van der Waals surface area (Å²) in [5, 5.41) is 4.33. The lowest BCUT2D eigenvalue weighted by Gasteiger charge is -2.22.